The van der Waals surface area contributed by atoms with Gasteiger partial charge in [-0.15, -0.1) is 0 Å². The summed E-state index contributed by atoms with van der Waals surface area (Å²) in [6.07, 6.45) is 12.6. The third kappa shape index (κ3) is 4.21. The van der Waals surface area contributed by atoms with Crippen LogP contribution in [0.5, 0.6) is 5.75 Å². The molecule has 8 nitrogen and oxygen atoms in total. The van der Waals surface area contributed by atoms with Crippen LogP contribution in [0, 0.1) is 5.41 Å². The van der Waals surface area contributed by atoms with Crippen molar-refractivity contribution >= 4 is 40.4 Å². The first-order valence-corrected chi connectivity index (χ1v) is 12.3. The van der Waals surface area contributed by atoms with Crippen LogP contribution < -0.4 is 20.9 Å². The highest BCUT2D eigenvalue weighted by Crippen LogP contribution is 2.53. The molecule has 3 N–H and O–H groups in total. The first-order valence-electron chi connectivity index (χ1n) is 12.0. The van der Waals surface area contributed by atoms with Crippen LogP contribution >= 0.6 is 11.6 Å². The summed E-state index contributed by atoms with van der Waals surface area (Å²) in [7, 11) is 0. The summed E-state index contributed by atoms with van der Waals surface area (Å²) in [6.45, 7) is 0.686. The highest BCUT2D eigenvalue weighted by atomic mass is 35.5. The number of nitrogens with zero attached hydrogens (tertiary/aromatic N) is 2. The van der Waals surface area contributed by atoms with Gasteiger partial charge in [-0.05, 0) is 62.1 Å². The Morgan fingerprint density at radius 2 is 1.89 bits per heavy atom. The zero-order valence-electron chi connectivity index (χ0n) is 19.2. The lowest BCUT2D eigenvalue weighted by molar-refractivity contribution is -0.118. The van der Waals surface area contributed by atoms with E-state index in [1.807, 2.05) is 12.1 Å². The van der Waals surface area contributed by atoms with Gasteiger partial charge in [0.25, 0.3) is 5.91 Å². The Morgan fingerprint density at radius 1 is 1.09 bits per heavy atom. The minimum absolute atomic E-state index is 0.0348. The number of pyridine rings is 3. The molecule has 3 aromatic heterocycles. The van der Waals surface area contributed by atoms with E-state index in [-0.39, 0.29) is 29.0 Å². The molecule has 9 heteroatoms. The molecule has 7 rings (SSSR count). The number of allylic oxidation sites excluding steroid dienone is 1. The Bertz CT molecular complexity index is 1390. The zero-order valence-corrected chi connectivity index (χ0v) is 20.0. The minimum atomic E-state index is -0.176. The van der Waals surface area contributed by atoms with E-state index >= 15 is 0 Å². The zero-order chi connectivity index (χ0) is 24.0. The summed E-state index contributed by atoms with van der Waals surface area (Å²) in [4.78, 5) is 35.3. The molecule has 4 aliphatic rings. The van der Waals surface area contributed by atoms with Gasteiger partial charge in [0.15, 0.2) is 18.2 Å². The molecule has 0 radical (unpaired) electrons. The highest BCUT2D eigenvalue weighted by molar-refractivity contribution is 6.32. The van der Waals surface area contributed by atoms with Crippen molar-refractivity contribution in [2.75, 3.05) is 11.9 Å². The molecular formula is C26H26ClN5O3. The lowest BCUT2D eigenvalue weighted by Crippen LogP contribution is -2.54. The second-order valence-electron chi connectivity index (χ2n) is 9.92. The third-order valence-corrected chi connectivity index (χ3v) is 8.13. The maximum absolute atomic E-state index is 11.9. The number of nitrogens with one attached hydrogen (secondary N) is 3. The standard InChI is InChI=1S/C26H26ClN5O3/c27-18-14-28-19-2-4-21(33)31-23(19)17(18)5-6-25-7-10-26(11-8-25,12-9-25)29-13-16-1-3-20-24(30-16)32-22(34)15-35-20/h1-6,14,29H,7-13,15H2,(H,31,33)(H,30,32,34)/b6-5-. The molecule has 3 aromatic rings. The normalized spacial score (nSPS) is 25.5. The summed E-state index contributed by atoms with van der Waals surface area (Å²) in [5.41, 5.74) is 3.20. The van der Waals surface area contributed by atoms with Crippen LogP contribution in [0.15, 0.2) is 41.3 Å². The van der Waals surface area contributed by atoms with Gasteiger partial charge in [0, 0.05) is 29.9 Å². The molecule has 3 aliphatic carbocycles. The van der Waals surface area contributed by atoms with E-state index in [0.29, 0.717) is 28.7 Å². The fourth-order valence-electron chi connectivity index (χ4n) is 5.63. The molecule has 0 saturated heterocycles. The number of carbonyl (C=O) groups excluding carboxylic acids is 1. The summed E-state index contributed by atoms with van der Waals surface area (Å²) in [6, 6.07) is 7.02. The van der Waals surface area contributed by atoms with Gasteiger partial charge in [0.05, 0.1) is 21.7 Å². The SMILES string of the molecule is O=C1COc2ccc(CNC34CCC(/C=C\c5c(Cl)cnc6ccc(=O)[nH]c56)(CC3)CC4)nc2N1. The average Bonchev–Trinajstić information content (AvgIpc) is 2.88. The number of ether oxygens (including phenoxy) is 1. The molecule has 180 valence electrons. The van der Waals surface area contributed by atoms with Gasteiger partial charge in [-0.3, -0.25) is 14.6 Å². The van der Waals surface area contributed by atoms with Gasteiger partial charge in [-0.25, -0.2) is 4.98 Å². The van der Waals surface area contributed by atoms with Crippen molar-refractivity contribution in [2.24, 2.45) is 5.41 Å². The number of aromatic nitrogens is 3. The Balaban J connectivity index is 1.15. The number of amides is 1. The van der Waals surface area contributed by atoms with Crippen LogP contribution in [0.1, 0.15) is 49.8 Å². The van der Waals surface area contributed by atoms with E-state index in [2.05, 4.69) is 37.7 Å². The van der Waals surface area contributed by atoms with Crippen molar-refractivity contribution in [3.63, 3.8) is 0 Å². The molecule has 35 heavy (non-hydrogen) atoms. The van der Waals surface area contributed by atoms with E-state index in [1.54, 1.807) is 12.3 Å². The third-order valence-electron chi connectivity index (χ3n) is 7.83. The van der Waals surface area contributed by atoms with Crippen molar-refractivity contribution < 1.29 is 9.53 Å². The Kier molecular flexibility index (Phi) is 5.38. The van der Waals surface area contributed by atoms with Crippen LogP contribution in [-0.4, -0.2) is 33.0 Å². The summed E-state index contributed by atoms with van der Waals surface area (Å²) in [5.74, 6) is 0.938. The second-order valence-corrected chi connectivity index (χ2v) is 10.3. The monoisotopic (exact) mass is 491 g/mol. The van der Waals surface area contributed by atoms with Crippen molar-refractivity contribution in [3.05, 3.63) is 63.2 Å². The highest BCUT2D eigenvalue weighted by Gasteiger charge is 2.47. The van der Waals surface area contributed by atoms with Crippen LogP contribution in [0.25, 0.3) is 17.1 Å². The molecular weight excluding hydrogens is 466 g/mol. The van der Waals surface area contributed by atoms with Crippen LogP contribution in [-0.2, 0) is 11.3 Å². The lowest BCUT2D eigenvalue weighted by Gasteiger charge is -2.53. The van der Waals surface area contributed by atoms with Gasteiger partial charge in [0.1, 0.15) is 0 Å². The Hall–Kier alpha value is -3.23. The molecule has 1 aliphatic heterocycles. The van der Waals surface area contributed by atoms with Crippen molar-refractivity contribution in [3.8, 4) is 5.75 Å². The number of hydrogen-bond acceptors (Lipinski definition) is 6. The Morgan fingerprint density at radius 3 is 2.69 bits per heavy atom. The van der Waals surface area contributed by atoms with Crippen molar-refractivity contribution in [2.45, 2.75) is 50.6 Å². The molecule has 2 bridgehead atoms. The Labute approximate surface area is 207 Å². The largest absolute Gasteiger partial charge is 0.480 e. The number of H-pyrrole nitrogens is 1. The summed E-state index contributed by atoms with van der Waals surface area (Å²) >= 11 is 6.46. The fraction of sp³-hybridized carbons (Fsp3) is 0.385. The number of rotatable bonds is 5. The van der Waals surface area contributed by atoms with E-state index in [0.717, 1.165) is 55.3 Å². The van der Waals surface area contributed by atoms with E-state index in [9.17, 15) is 9.59 Å². The first-order chi connectivity index (χ1) is 16.9. The van der Waals surface area contributed by atoms with Gasteiger partial charge < -0.3 is 20.4 Å². The maximum atomic E-state index is 11.9. The predicted octanol–water partition coefficient (Wildman–Crippen LogP) is 4.20. The van der Waals surface area contributed by atoms with Gasteiger partial charge in [-0.1, -0.05) is 23.8 Å². The smallest absolute Gasteiger partial charge is 0.263 e. The molecule has 0 aromatic carbocycles. The molecule has 0 unspecified atom stereocenters. The maximum Gasteiger partial charge on any atom is 0.263 e. The van der Waals surface area contributed by atoms with E-state index in [4.69, 9.17) is 16.3 Å². The van der Waals surface area contributed by atoms with Gasteiger partial charge in [-0.2, -0.15) is 0 Å². The van der Waals surface area contributed by atoms with Crippen LogP contribution in [0.2, 0.25) is 5.02 Å². The molecule has 0 spiro atoms. The summed E-state index contributed by atoms with van der Waals surface area (Å²) in [5, 5.41) is 7.09. The topological polar surface area (TPSA) is 109 Å². The van der Waals surface area contributed by atoms with Gasteiger partial charge >= 0.3 is 0 Å². The number of fused-ring (bicyclic) bond motifs is 5. The summed E-state index contributed by atoms with van der Waals surface area (Å²) < 4.78 is 5.40. The van der Waals surface area contributed by atoms with Crippen LogP contribution in [0.3, 0.4) is 0 Å². The average molecular weight is 492 g/mol. The molecule has 1 amide bonds. The molecule has 3 fully saturated rings. The van der Waals surface area contributed by atoms with Crippen LogP contribution in [0.4, 0.5) is 5.82 Å². The predicted molar refractivity (Wildman–Crippen MR) is 134 cm³/mol. The number of aromatic amines is 1. The van der Waals surface area contributed by atoms with E-state index in [1.165, 1.54) is 6.07 Å². The number of anilines is 1. The molecule has 4 heterocycles. The van der Waals surface area contributed by atoms with Gasteiger partial charge in [0.2, 0.25) is 5.56 Å². The minimum Gasteiger partial charge on any atom is -0.480 e. The second kappa shape index (κ2) is 8.46. The van der Waals surface area contributed by atoms with Crippen molar-refractivity contribution in [1.29, 1.82) is 0 Å². The van der Waals surface area contributed by atoms with E-state index < -0.39 is 0 Å². The fourth-order valence-corrected chi connectivity index (χ4v) is 5.83. The van der Waals surface area contributed by atoms with Crippen molar-refractivity contribution in [1.82, 2.24) is 20.3 Å². The first kappa shape index (κ1) is 22.2. The lowest BCUT2D eigenvalue weighted by atomic mass is 9.57. The quantitative estimate of drug-likeness (QED) is 0.493. The molecule has 0 atom stereocenters. The number of carbonyl (C=O) groups is 1. The number of halogens is 1. The molecule has 3 saturated carbocycles. The number of hydrogen-bond donors (Lipinski definition) is 3.